The third kappa shape index (κ3) is 2.25. The van der Waals surface area contributed by atoms with Crippen LogP contribution in [0, 0.1) is 5.82 Å². The first kappa shape index (κ1) is 12.6. The van der Waals surface area contributed by atoms with Gasteiger partial charge in [0.05, 0.1) is 6.04 Å². The Bertz CT molecular complexity index is 487. The Morgan fingerprint density at radius 3 is 2.74 bits per heavy atom. The highest BCUT2D eigenvalue weighted by Gasteiger charge is 2.46. The van der Waals surface area contributed by atoms with E-state index in [1.54, 1.807) is 12.1 Å². The molecule has 3 rings (SSSR count). The molecule has 2 aliphatic rings. The van der Waals surface area contributed by atoms with Crippen molar-refractivity contribution in [2.75, 3.05) is 0 Å². The first-order valence-corrected chi connectivity index (χ1v) is 7.05. The molecule has 2 unspecified atom stereocenters. The number of carbonyl (C=O) groups excluding carboxylic acids is 1. The zero-order valence-electron chi connectivity index (χ0n) is 11.1. The summed E-state index contributed by atoms with van der Waals surface area (Å²) in [5.74, 6) is -0.104. The lowest BCUT2D eigenvalue weighted by atomic mass is 10.1. The van der Waals surface area contributed by atoms with Gasteiger partial charge >= 0.3 is 0 Å². The van der Waals surface area contributed by atoms with Crippen molar-refractivity contribution in [2.24, 2.45) is 0 Å². The minimum atomic E-state index is -0.294. The minimum absolute atomic E-state index is 0.137. The summed E-state index contributed by atoms with van der Waals surface area (Å²) in [6.07, 6.45) is 3.55. The maximum Gasteiger partial charge on any atom is 0.241 e. The molecule has 1 aliphatic heterocycles. The second kappa shape index (κ2) is 4.93. The molecule has 1 saturated heterocycles. The number of halogens is 1. The molecule has 1 saturated carbocycles. The van der Waals surface area contributed by atoms with E-state index in [2.05, 4.69) is 12.2 Å². The molecule has 1 aliphatic carbocycles. The SMILES string of the molecule is CCCC1NC(c2ccccc2F)N(C2CC2)C1=O. The van der Waals surface area contributed by atoms with E-state index >= 15 is 0 Å². The van der Waals surface area contributed by atoms with Crippen molar-refractivity contribution in [1.29, 1.82) is 0 Å². The van der Waals surface area contributed by atoms with Crippen LogP contribution in [-0.4, -0.2) is 22.9 Å². The Morgan fingerprint density at radius 1 is 1.37 bits per heavy atom. The van der Waals surface area contributed by atoms with Crippen LogP contribution < -0.4 is 5.32 Å². The molecule has 1 heterocycles. The van der Waals surface area contributed by atoms with E-state index in [0.29, 0.717) is 11.6 Å². The van der Waals surface area contributed by atoms with Crippen molar-refractivity contribution in [3.8, 4) is 0 Å². The van der Waals surface area contributed by atoms with Crippen molar-refractivity contribution < 1.29 is 9.18 Å². The van der Waals surface area contributed by atoms with Gasteiger partial charge in [-0.05, 0) is 25.3 Å². The Balaban J connectivity index is 1.91. The van der Waals surface area contributed by atoms with E-state index in [4.69, 9.17) is 0 Å². The topological polar surface area (TPSA) is 32.3 Å². The molecule has 1 amide bonds. The molecule has 2 fully saturated rings. The van der Waals surface area contributed by atoms with E-state index in [1.807, 2.05) is 11.0 Å². The van der Waals surface area contributed by atoms with Crippen LogP contribution in [0.5, 0.6) is 0 Å². The summed E-state index contributed by atoms with van der Waals surface area (Å²) in [7, 11) is 0. The fraction of sp³-hybridized carbons (Fsp3) is 0.533. The Hall–Kier alpha value is -1.42. The Labute approximate surface area is 112 Å². The maximum atomic E-state index is 14.0. The Morgan fingerprint density at radius 2 is 2.11 bits per heavy atom. The smallest absolute Gasteiger partial charge is 0.241 e. The van der Waals surface area contributed by atoms with Crippen molar-refractivity contribution >= 4 is 5.91 Å². The summed E-state index contributed by atoms with van der Waals surface area (Å²) in [6, 6.07) is 6.87. The van der Waals surface area contributed by atoms with Gasteiger partial charge in [0.1, 0.15) is 12.0 Å². The zero-order chi connectivity index (χ0) is 13.4. The number of hydrogen-bond donors (Lipinski definition) is 1. The largest absolute Gasteiger partial charge is 0.318 e. The standard InChI is InChI=1S/C15H19FN2O/c1-2-5-13-15(19)18(10-8-9-10)14(17-13)11-6-3-4-7-12(11)16/h3-4,6-7,10,13-14,17H,2,5,8-9H2,1H3. The van der Waals surface area contributed by atoms with Crippen molar-refractivity contribution in [3.05, 3.63) is 35.6 Å². The van der Waals surface area contributed by atoms with Gasteiger partial charge in [-0.2, -0.15) is 0 Å². The summed E-state index contributed by atoms with van der Waals surface area (Å²) >= 11 is 0. The lowest BCUT2D eigenvalue weighted by Crippen LogP contribution is -2.33. The summed E-state index contributed by atoms with van der Waals surface area (Å²) in [5.41, 5.74) is 0.585. The highest BCUT2D eigenvalue weighted by Crippen LogP contribution is 2.38. The maximum absolute atomic E-state index is 14.0. The quantitative estimate of drug-likeness (QED) is 0.904. The van der Waals surface area contributed by atoms with E-state index in [0.717, 1.165) is 25.7 Å². The summed E-state index contributed by atoms with van der Waals surface area (Å²) in [4.78, 5) is 14.3. The molecular weight excluding hydrogens is 243 g/mol. The number of benzene rings is 1. The first-order chi connectivity index (χ1) is 9.22. The van der Waals surface area contributed by atoms with Gasteiger partial charge in [0.2, 0.25) is 5.91 Å². The monoisotopic (exact) mass is 262 g/mol. The molecule has 0 bridgehead atoms. The highest BCUT2D eigenvalue weighted by molar-refractivity contribution is 5.85. The fourth-order valence-electron chi connectivity index (χ4n) is 2.82. The molecule has 4 heteroatoms. The highest BCUT2D eigenvalue weighted by atomic mass is 19.1. The van der Waals surface area contributed by atoms with E-state index in [-0.39, 0.29) is 23.9 Å². The van der Waals surface area contributed by atoms with Gasteiger partial charge in [0.15, 0.2) is 0 Å². The number of amides is 1. The van der Waals surface area contributed by atoms with Gasteiger partial charge in [0.25, 0.3) is 0 Å². The number of nitrogens with zero attached hydrogens (tertiary/aromatic N) is 1. The normalized spacial score (nSPS) is 27.1. The lowest BCUT2D eigenvalue weighted by molar-refractivity contribution is -0.130. The predicted molar refractivity (Wildman–Crippen MR) is 70.8 cm³/mol. The van der Waals surface area contributed by atoms with E-state index in [9.17, 15) is 9.18 Å². The molecule has 2 atom stereocenters. The zero-order valence-corrected chi connectivity index (χ0v) is 11.1. The first-order valence-electron chi connectivity index (χ1n) is 7.05. The molecule has 1 N–H and O–H groups in total. The van der Waals surface area contributed by atoms with Gasteiger partial charge in [-0.25, -0.2) is 4.39 Å². The van der Waals surface area contributed by atoms with Gasteiger partial charge in [-0.1, -0.05) is 31.5 Å². The minimum Gasteiger partial charge on any atom is -0.318 e. The molecule has 0 aromatic heterocycles. The summed E-state index contributed by atoms with van der Waals surface area (Å²) in [6.45, 7) is 2.06. The van der Waals surface area contributed by atoms with Crippen LogP contribution in [-0.2, 0) is 4.79 Å². The second-order valence-corrected chi connectivity index (χ2v) is 5.41. The average Bonchev–Trinajstić information content (AvgIpc) is 3.18. The number of rotatable bonds is 4. The van der Waals surface area contributed by atoms with Crippen molar-refractivity contribution in [2.45, 2.75) is 50.9 Å². The van der Waals surface area contributed by atoms with Gasteiger partial charge in [0, 0.05) is 11.6 Å². The van der Waals surface area contributed by atoms with Crippen LogP contribution in [0.1, 0.15) is 44.3 Å². The molecule has 1 aromatic carbocycles. The van der Waals surface area contributed by atoms with E-state index < -0.39 is 0 Å². The van der Waals surface area contributed by atoms with Crippen LogP contribution >= 0.6 is 0 Å². The second-order valence-electron chi connectivity index (χ2n) is 5.41. The third-order valence-corrected chi connectivity index (χ3v) is 3.91. The molecule has 19 heavy (non-hydrogen) atoms. The molecular formula is C15H19FN2O. The van der Waals surface area contributed by atoms with Gasteiger partial charge < -0.3 is 4.90 Å². The molecule has 3 nitrogen and oxygen atoms in total. The van der Waals surface area contributed by atoms with E-state index in [1.165, 1.54) is 6.07 Å². The Kier molecular flexibility index (Phi) is 3.27. The van der Waals surface area contributed by atoms with Crippen molar-refractivity contribution in [1.82, 2.24) is 10.2 Å². The van der Waals surface area contributed by atoms with Crippen LogP contribution in [0.15, 0.2) is 24.3 Å². The molecule has 102 valence electrons. The number of carbonyl (C=O) groups is 1. The lowest BCUT2D eigenvalue weighted by Gasteiger charge is -2.24. The van der Waals surface area contributed by atoms with Crippen molar-refractivity contribution in [3.63, 3.8) is 0 Å². The summed E-state index contributed by atoms with van der Waals surface area (Å²) in [5, 5.41) is 3.31. The van der Waals surface area contributed by atoms with Gasteiger partial charge in [-0.15, -0.1) is 0 Å². The summed E-state index contributed by atoms with van der Waals surface area (Å²) < 4.78 is 14.0. The van der Waals surface area contributed by atoms with Gasteiger partial charge in [-0.3, -0.25) is 10.1 Å². The van der Waals surface area contributed by atoms with Crippen LogP contribution in [0.4, 0.5) is 4.39 Å². The predicted octanol–water partition coefficient (Wildman–Crippen LogP) is 2.59. The molecule has 0 radical (unpaired) electrons. The molecule has 1 aromatic rings. The van der Waals surface area contributed by atoms with Crippen LogP contribution in [0.3, 0.4) is 0 Å². The fourth-order valence-corrected chi connectivity index (χ4v) is 2.82. The number of nitrogens with one attached hydrogen (secondary N) is 1. The average molecular weight is 262 g/mol. The van der Waals surface area contributed by atoms with Crippen LogP contribution in [0.25, 0.3) is 0 Å². The number of hydrogen-bond acceptors (Lipinski definition) is 2. The molecule has 0 spiro atoms. The third-order valence-electron chi connectivity index (χ3n) is 3.91. The van der Waals surface area contributed by atoms with Crippen LogP contribution in [0.2, 0.25) is 0 Å².